The van der Waals surface area contributed by atoms with Crippen molar-refractivity contribution >= 4 is 11.6 Å². The third kappa shape index (κ3) is 3.19. The van der Waals surface area contributed by atoms with Gasteiger partial charge in [-0.3, -0.25) is 4.68 Å². The molecule has 1 aromatic heterocycles. The van der Waals surface area contributed by atoms with Gasteiger partial charge < -0.3 is 5.32 Å². The predicted octanol–water partition coefficient (Wildman–Crippen LogP) is 3.78. The van der Waals surface area contributed by atoms with E-state index in [0.29, 0.717) is 0 Å². The van der Waals surface area contributed by atoms with E-state index in [1.54, 1.807) is 18.3 Å². The van der Waals surface area contributed by atoms with E-state index in [-0.39, 0.29) is 11.1 Å². The quantitative estimate of drug-likeness (QED) is 0.879. The molecule has 0 aliphatic heterocycles. The molecule has 0 fully saturated rings. The fourth-order valence-electron chi connectivity index (χ4n) is 2.28. The van der Waals surface area contributed by atoms with Crippen molar-refractivity contribution < 1.29 is 4.39 Å². The van der Waals surface area contributed by atoms with Crippen molar-refractivity contribution in [3.05, 3.63) is 52.6 Å². The summed E-state index contributed by atoms with van der Waals surface area (Å²) in [4.78, 5) is 0. The van der Waals surface area contributed by atoms with E-state index in [1.165, 1.54) is 6.07 Å². The van der Waals surface area contributed by atoms with Crippen LogP contribution in [0.15, 0.2) is 30.5 Å². The molecule has 0 amide bonds. The van der Waals surface area contributed by atoms with Crippen LogP contribution in [0.1, 0.15) is 37.6 Å². The Hall–Kier alpha value is -1.39. The average molecular weight is 296 g/mol. The van der Waals surface area contributed by atoms with E-state index >= 15 is 0 Å². The van der Waals surface area contributed by atoms with Gasteiger partial charge in [-0.2, -0.15) is 5.10 Å². The zero-order valence-electron chi connectivity index (χ0n) is 11.7. The van der Waals surface area contributed by atoms with Gasteiger partial charge in [-0.05, 0) is 36.7 Å². The van der Waals surface area contributed by atoms with Crippen LogP contribution in [0.5, 0.6) is 0 Å². The van der Waals surface area contributed by atoms with Crippen LogP contribution in [-0.4, -0.2) is 16.3 Å². The van der Waals surface area contributed by atoms with Crippen molar-refractivity contribution in [2.75, 3.05) is 6.54 Å². The van der Waals surface area contributed by atoms with Gasteiger partial charge in [0.25, 0.3) is 0 Å². The first kappa shape index (κ1) is 15.0. The van der Waals surface area contributed by atoms with E-state index in [0.717, 1.165) is 30.8 Å². The first-order valence-electron chi connectivity index (χ1n) is 6.87. The molecule has 5 heteroatoms. The number of aryl methyl sites for hydroxylation is 1. The van der Waals surface area contributed by atoms with Crippen LogP contribution in [0.2, 0.25) is 5.02 Å². The number of hydrogen-bond donors (Lipinski definition) is 1. The highest BCUT2D eigenvalue weighted by atomic mass is 35.5. The number of rotatable bonds is 6. The Labute approximate surface area is 123 Å². The van der Waals surface area contributed by atoms with Crippen LogP contribution in [0.25, 0.3) is 0 Å². The minimum atomic E-state index is -0.396. The van der Waals surface area contributed by atoms with E-state index in [1.807, 2.05) is 17.7 Å². The molecular weight excluding hydrogens is 277 g/mol. The Balaban J connectivity index is 2.39. The second-order valence-corrected chi connectivity index (χ2v) is 5.05. The second kappa shape index (κ2) is 6.86. The number of aromatic nitrogens is 2. The highest BCUT2D eigenvalue weighted by Gasteiger charge is 2.18. The van der Waals surface area contributed by atoms with Gasteiger partial charge in [0.1, 0.15) is 5.82 Å². The van der Waals surface area contributed by atoms with Crippen molar-refractivity contribution in [3.8, 4) is 0 Å². The fourth-order valence-corrected chi connectivity index (χ4v) is 2.46. The smallest absolute Gasteiger partial charge is 0.141 e. The minimum Gasteiger partial charge on any atom is -0.305 e. The largest absolute Gasteiger partial charge is 0.305 e. The number of nitrogens with one attached hydrogen (secondary N) is 1. The Morgan fingerprint density at radius 3 is 2.80 bits per heavy atom. The molecular formula is C15H19ClFN3. The van der Waals surface area contributed by atoms with Crippen molar-refractivity contribution in [3.63, 3.8) is 0 Å². The summed E-state index contributed by atoms with van der Waals surface area (Å²) in [6.07, 6.45) is 2.80. The van der Waals surface area contributed by atoms with Crippen LogP contribution in [0, 0.1) is 5.82 Å². The van der Waals surface area contributed by atoms with Crippen LogP contribution in [0.3, 0.4) is 0 Å². The molecule has 1 N–H and O–H groups in total. The first-order valence-corrected chi connectivity index (χ1v) is 7.25. The van der Waals surface area contributed by atoms with E-state index in [9.17, 15) is 4.39 Å². The second-order valence-electron chi connectivity index (χ2n) is 4.64. The summed E-state index contributed by atoms with van der Waals surface area (Å²) in [5.74, 6) is -0.396. The molecule has 108 valence electrons. The highest BCUT2D eigenvalue weighted by Crippen LogP contribution is 2.26. The Bertz CT molecular complexity index is 568. The van der Waals surface area contributed by atoms with Gasteiger partial charge in [0.05, 0.1) is 16.8 Å². The molecule has 0 saturated heterocycles. The topological polar surface area (TPSA) is 29.9 Å². The molecule has 2 rings (SSSR count). The average Bonchev–Trinajstić information content (AvgIpc) is 2.88. The summed E-state index contributed by atoms with van der Waals surface area (Å²) in [5, 5.41) is 7.89. The van der Waals surface area contributed by atoms with E-state index in [4.69, 9.17) is 11.6 Å². The molecule has 1 unspecified atom stereocenters. The maximum absolute atomic E-state index is 13.3. The summed E-state index contributed by atoms with van der Waals surface area (Å²) in [6.45, 7) is 5.82. The summed E-state index contributed by atoms with van der Waals surface area (Å²) in [7, 11) is 0. The first-order chi connectivity index (χ1) is 9.67. The Morgan fingerprint density at radius 1 is 1.35 bits per heavy atom. The summed E-state index contributed by atoms with van der Waals surface area (Å²) >= 11 is 5.90. The van der Waals surface area contributed by atoms with Crippen molar-refractivity contribution in [1.82, 2.24) is 15.1 Å². The molecule has 0 aliphatic rings. The van der Waals surface area contributed by atoms with Crippen molar-refractivity contribution in [2.24, 2.45) is 0 Å². The lowest BCUT2D eigenvalue weighted by atomic mass is 10.0. The number of nitrogens with zero attached hydrogens (tertiary/aromatic N) is 2. The molecule has 3 nitrogen and oxygen atoms in total. The standard InChI is InChI=1S/C15H19ClFN3/c1-3-9-20-14(7-8-19-20)15(18-4-2)11-5-6-13(17)12(16)10-11/h5-8,10,15,18H,3-4,9H2,1-2H3. The molecule has 0 aliphatic carbocycles. The van der Waals surface area contributed by atoms with Gasteiger partial charge in [0.2, 0.25) is 0 Å². The number of halogens is 2. The summed E-state index contributed by atoms with van der Waals surface area (Å²) in [5.41, 5.74) is 2.01. The van der Waals surface area contributed by atoms with E-state index in [2.05, 4.69) is 17.3 Å². The van der Waals surface area contributed by atoms with Gasteiger partial charge in [-0.15, -0.1) is 0 Å². The van der Waals surface area contributed by atoms with Gasteiger partial charge >= 0.3 is 0 Å². The van der Waals surface area contributed by atoms with Crippen LogP contribution in [-0.2, 0) is 6.54 Å². The van der Waals surface area contributed by atoms with Crippen LogP contribution in [0.4, 0.5) is 4.39 Å². The molecule has 2 aromatic rings. The van der Waals surface area contributed by atoms with Crippen molar-refractivity contribution in [2.45, 2.75) is 32.9 Å². The third-order valence-corrected chi connectivity index (χ3v) is 3.46. The Morgan fingerprint density at radius 2 is 2.15 bits per heavy atom. The van der Waals surface area contributed by atoms with Crippen LogP contribution >= 0.6 is 11.6 Å². The summed E-state index contributed by atoms with van der Waals surface area (Å²) in [6, 6.07) is 6.79. The summed E-state index contributed by atoms with van der Waals surface area (Å²) < 4.78 is 15.3. The molecule has 20 heavy (non-hydrogen) atoms. The van der Waals surface area contributed by atoms with E-state index < -0.39 is 5.82 Å². The number of benzene rings is 1. The molecule has 0 bridgehead atoms. The maximum atomic E-state index is 13.3. The monoisotopic (exact) mass is 295 g/mol. The Kier molecular flexibility index (Phi) is 5.15. The SMILES string of the molecule is CCCn1nccc1C(NCC)c1ccc(F)c(Cl)c1. The van der Waals surface area contributed by atoms with Crippen molar-refractivity contribution in [1.29, 1.82) is 0 Å². The minimum absolute atomic E-state index is 0.0350. The molecule has 0 saturated carbocycles. The number of hydrogen-bond acceptors (Lipinski definition) is 2. The molecule has 1 atom stereocenters. The highest BCUT2D eigenvalue weighted by molar-refractivity contribution is 6.30. The lowest BCUT2D eigenvalue weighted by Gasteiger charge is -2.20. The predicted molar refractivity (Wildman–Crippen MR) is 79.4 cm³/mol. The lowest BCUT2D eigenvalue weighted by Crippen LogP contribution is -2.25. The van der Waals surface area contributed by atoms with Gasteiger partial charge in [0, 0.05) is 12.7 Å². The van der Waals surface area contributed by atoms with Crippen LogP contribution < -0.4 is 5.32 Å². The fraction of sp³-hybridized carbons (Fsp3) is 0.400. The normalized spacial score (nSPS) is 12.6. The molecule has 1 aromatic carbocycles. The molecule has 1 heterocycles. The molecule has 0 spiro atoms. The zero-order valence-corrected chi connectivity index (χ0v) is 12.5. The third-order valence-electron chi connectivity index (χ3n) is 3.17. The zero-order chi connectivity index (χ0) is 14.5. The lowest BCUT2D eigenvalue weighted by molar-refractivity contribution is 0.519. The van der Waals surface area contributed by atoms with Gasteiger partial charge in [-0.25, -0.2) is 4.39 Å². The molecule has 0 radical (unpaired) electrons. The van der Waals surface area contributed by atoms with Gasteiger partial charge in [0.15, 0.2) is 0 Å². The maximum Gasteiger partial charge on any atom is 0.141 e. The van der Waals surface area contributed by atoms with Gasteiger partial charge in [-0.1, -0.05) is 31.5 Å².